The molecule has 1 fully saturated rings. The van der Waals surface area contributed by atoms with Crippen LogP contribution in [0.1, 0.15) is 60.5 Å². The number of ether oxygens (including phenoxy) is 2. The third-order valence-electron chi connectivity index (χ3n) is 6.48. The topological polar surface area (TPSA) is 74.2 Å². The molecule has 3 rings (SSSR count). The van der Waals surface area contributed by atoms with Crippen molar-refractivity contribution in [1.29, 1.82) is 0 Å². The van der Waals surface area contributed by atoms with Crippen LogP contribution < -0.4 is 4.74 Å². The smallest absolute Gasteiger partial charge is 0.498 e. The number of hydrogen-bond acceptors (Lipinski definition) is 6. The molecule has 0 bridgehead atoms. The molecule has 0 saturated carbocycles. The van der Waals surface area contributed by atoms with Crippen molar-refractivity contribution in [3.63, 3.8) is 0 Å². The number of rotatable bonds is 7. The number of allylic oxidation sites excluding steroid dienone is 2. The molecule has 1 N–H and O–H groups in total. The van der Waals surface area contributed by atoms with Crippen molar-refractivity contribution in [2.45, 2.75) is 78.1 Å². The maximum atomic E-state index is 12.0. The van der Waals surface area contributed by atoms with E-state index in [2.05, 4.69) is 0 Å². The summed E-state index contributed by atoms with van der Waals surface area (Å²) < 4.78 is 23.8. The molecule has 1 saturated heterocycles. The quantitative estimate of drug-likeness (QED) is 0.500. The van der Waals surface area contributed by atoms with E-state index in [4.69, 9.17) is 18.8 Å². The zero-order chi connectivity index (χ0) is 23.0. The Morgan fingerprint density at radius 3 is 2.26 bits per heavy atom. The van der Waals surface area contributed by atoms with Gasteiger partial charge in [-0.15, -0.1) is 0 Å². The highest BCUT2D eigenvalue weighted by Gasteiger charge is 2.55. The van der Waals surface area contributed by atoms with Crippen LogP contribution >= 0.6 is 0 Å². The Balaban J connectivity index is 1.93. The van der Waals surface area contributed by atoms with Crippen LogP contribution in [0, 0.1) is 0 Å². The summed E-state index contributed by atoms with van der Waals surface area (Å²) in [5.41, 5.74) is 0.0588. The van der Waals surface area contributed by atoms with Gasteiger partial charge in [0, 0.05) is 11.0 Å². The minimum Gasteiger partial charge on any atom is -0.508 e. The highest BCUT2D eigenvalue weighted by Crippen LogP contribution is 2.45. The van der Waals surface area contributed by atoms with Gasteiger partial charge in [0.05, 0.1) is 24.2 Å². The summed E-state index contributed by atoms with van der Waals surface area (Å²) in [4.78, 5) is 12.0. The largest absolute Gasteiger partial charge is 0.508 e. The number of esters is 1. The molecule has 0 radical (unpaired) electrons. The van der Waals surface area contributed by atoms with Gasteiger partial charge in [-0.2, -0.15) is 0 Å². The first kappa shape index (κ1) is 23.4. The van der Waals surface area contributed by atoms with Crippen LogP contribution in [0.4, 0.5) is 0 Å². The van der Waals surface area contributed by atoms with E-state index < -0.39 is 23.9 Å². The third-order valence-corrected chi connectivity index (χ3v) is 6.48. The second kappa shape index (κ2) is 8.36. The van der Waals surface area contributed by atoms with Crippen molar-refractivity contribution in [1.82, 2.24) is 0 Å². The molecule has 1 atom stereocenters. The van der Waals surface area contributed by atoms with E-state index in [-0.39, 0.29) is 18.1 Å². The van der Waals surface area contributed by atoms with Gasteiger partial charge in [-0.3, -0.25) is 4.79 Å². The molecule has 1 aliphatic heterocycles. The van der Waals surface area contributed by atoms with E-state index in [9.17, 15) is 9.90 Å². The first-order chi connectivity index (χ1) is 14.4. The molecule has 0 spiro atoms. The molecule has 1 aromatic carbocycles. The molecule has 0 aromatic heterocycles. The predicted octanol–water partition coefficient (Wildman–Crippen LogP) is 4.72. The van der Waals surface area contributed by atoms with Crippen LogP contribution in [0.5, 0.6) is 5.75 Å². The lowest BCUT2D eigenvalue weighted by Gasteiger charge is -2.32. The Morgan fingerprint density at radius 2 is 1.68 bits per heavy atom. The lowest BCUT2D eigenvalue weighted by Crippen LogP contribution is -2.41. The Kier molecular flexibility index (Phi) is 6.31. The number of aliphatic hydroxyl groups excluding tert-OH is 1. The highest BCUT2D eigenvalue weighted by atomic mass is 16.7. The molecular weight excluding hydrogens is 395 g/mol. The summed E-state index contributed by atoms with van der Waals surface area (Å²) >= 11 is 0. The standard InChI is InChI=1S/C24H33BO6/c1-8-17-15-18(25-30-22(3,4)23(5,6)31-25)21(27)24(17,7)29-19-13-11-10-12-16(19)14-20(26)28-9-2/h10-13,15,27H,8-9,14H2,1-7H3. The van der Waals surface area contributed by atoms with Gasteiger partial charge in [-0.1, -0.05) is 31.2 Å². The van der Waals surface area contributed by atoms with E-state index in [0.717, 1.165) is 5.57 Å². The fraction of sp³-hybridized carbons (Fsp3) is 0.542. The van der Waals surface area contributed by atoms with E-state index in [0.29, 0.717) is 29.8 Å². The van der Waals surface area contributed by atoms with E-state index in [1.165, 1.54) is 0 Å². The highest BCUT2D eigenvalue weighted by molar-refractivity contribution is 6.56. The molecular formula is C24H33BO6. The zero-order valence-corrected chi connectivity index (χ0v) is 19.6. The molecule has 1 unspecified atom stereocenters. The predicted molar refractivity (Wildman–Crippen MR) is 120 cm³/mol. The molecule has 31 heavy (non-hydrogen) atoms. The van der Waals surface area contributed by atoms with Crippen molar-refractivity contribution in [3.8, 4) is 5.75 Å². The molecule has 7 heteroatoms. The minimum atomic E-state index is -1.08. The molecule has 168 valence electrons. The molecule has 1 aliphatic carbocycles. The third kappa shape index (κ3) is 4.26. The van der Waals surface area contributed by atoms with Gasteiger partial charge < -0.3 is 23.9 Å². The average Bonchev–Trinajstić information content (AvgIpc) is 3.05. The van der Waals surface area contributed by atoms with Gasteiger partial charge in [0.25, 0.3) is 0 Å². The fourth-order valence-electron chi connectivity index (χ4n) is 3.86. The van der Waals surface area contributed by atoms with Crippen molar-refractivity contribution in [2.24, 2.45) is 0 Å². The van der Waals surface area contributed by atoms with E-state index in [1.807, 2.05) is 65.8 Å². The number of hydrogen-bond donors (Lipinski definition) is 1. The van der Waals surface area contributed by atoms with Crippen LogP contribution in [0.15, 0.2) is 47.1 Å². The van der Waals surface area contributed by atoms with Crippen molar-refractivity contribution < 1.29 is 28.7 Å². The Hall–Kier alpha value is -2.25. The number of aliphatic hydroxyl groups is 1. The summed E-state index contributed by atoms with van der Waals surface area (Å²) in [6.07, 6.45) is 2.68. The molecule has 1 aromatic rings. The Morgan fingerprint density at radius 1 is 1.06 bits per heavy atom. The SMILES string of the molecule is CCOC(=O)Cc1ccccc1OC1(C)C(CC)=CC(B2OC(C)(C)C(C)(C)O2)=C1O. The van der Waals surface area contributed by atoms with Crippen LogP contribution in [0.25, 0.3) is 0 Å². The molecule has 1 heterocycles. The minimum absolute atomic E-state index is 0.0637. The molecule has 0 amide bonds. The van der Waals surface area contributed by atoms with Gasteiger partial charge in [0.2, 0.25) is 0 Å². The van der Waals surface area contributed by atoms with Crippen molar-refractivity contribution in [3.05, 3.63) is 52.7 Å². The van der Waals surface area contributed by atoms with Crippen molar-refractivity contribution in [2.75, 3.05) is 6.61 Å². The van der Waals surface area contributed by atoms with Crippen molar-refractivity contribution >= 4 is 13.1 Å². The van der Waals surface area contributed by atoms with Gasteiger partial charge in [-0.05, 0) is 59.6 Å². The first-order valence-electron chi connectivity index (χ1n) is 10.9. The number of benzene rings is 1. The van der Waals surface area contributed by atoms with Gasteiger partial charge in [0.15, 0.2) is 5.60 Å². The average molecular weight is 428 g/mol. The maximum absolute atomic E-state index is 12.0. The lowest BCUT2D eigenvalue weighted by atomic mass is 9.78. The summed E-state index contributed by atoms with van der Waals surface area (Å²) in [6.45, 7) is 13.9. The van der Waals surface area contributed by atoms with Crippen LogP contribution in [-0.2, 0) is 25.3 Å². The lowest BCUT2D eigenvalue weighted by molar-refractivity contribution is -0.142. The van der Waals surface area contributed by atoms with Crippen LogP contribution in [0.2, 0.25) is 0 Å². The number of carbonyl (C=O) groups is 1. The number of para-hydroxylation sites is 1. The summed E-state index contributed by atoms with van der Waals surface area (Å²) in [6, 6.07) is 7.32. The first-order valence-corrected chi connectivity index (χ1v) is 10.9. The molecule has 6 nitrogen and oxygen atoms in total. The zero-order valence-electron chi connectivity index (χ0n) is 19.6. The maximum Gasteiger partial charge on any atom is 0.498 e. The van der Waals surface area contributed by atoms with Crippen LogP contribution in [-0.4, -0.2) is 41.6 Å². The normalized spacial score (nSPS) is 24.4. The van der Waals surface area contributed by atoms with Gasteiger partial charge in [0.1, 0.15) is 11.5 Å². The summed E-state index contributed by atoms with van der Waals surface area (Å²) in [5, 5.41) is 11.3. The second-order valence-corrected chi connectivity index (χ2v) is 9.14. The van der Waals surface area contributed by atoms with E-state index in [1.54, 1.807) is 13.0 Å². The van der Waals surface area contributed by atoms with E-state index >= 15 is 0 Å². The Bertz CT molecular complexity index is 900. The Labute approximate surface area is 185 Å². The van der Waals surface area contributed by atoms with Crippen LogP contribution in [0.3, 0.4) is 0 Å². The fourth-order valence-corrected chi connectivity index (χ4v) is 3.86. The monoisotopic (exact) mass is 428 g/mol. The van der Waals surface area contributed by atoms with Gasteiger partial charge in [-0.25, -0.2) is 0 Å². The summed E-state index contributed by atoms with van der Waals surface area (Å²) in [5.74, 6) is 0.270. The van der Waals surface area contributed by atoms with Gasteiger partial charge >= 0.3 is 13.1 Å². The summed E-state index contributed by atoms with van der Waals surface area (Å²) in [7, 11) is -0.688. The molecule has 2 aliphatic rings. The second-order valence-electron chi connectivity index (χ2n) is 9.14. The number of carbonyl (C=O) groups excluding carboxylic acids is 1.